The van der Waals surface area contributed by atoms with Crippen molar-refractivity contribution in [3.63, 3.8) is 0 Å². The molecule has 1 heterocycles. The minimum atomic E-state index is 0.576. The van der Waals surface area contributed by atoms with E-state index in [4.69, 9.17) is 16.3 Å². The first kappa shape index (κ1) is 13.7. The number of ether oxygens (including phenoxy) is 1. The van der Waals surface area contributed by atoms with E-state index in [2.05, 4.69) is 5.10 Å². The third kappa shape index (κ3) is 2.93. The largest absolute Gasteiger partial charge is 0.476 e. The van der Waals surface area contributed by atoms with Crippen molar-refractivity contribution in [3.05, 3.63) is 65.8 Å². The Morgan fingerprint density at radius 1 is 1.05 bits per heavy atom. The fraction of sp³-hybridized carbons (Fsp3) is 0.118. The number of nitrogens with zero attached hydrogens (tertiary/aromatic N) is 2. The third-order valence-electron chi connectivity index (χ3n) is 3.14. The van der Waals surface area contributed by atoms with Gasteiger partial charge in [0.25, 0.3) is 0 Å². The minimum absolute atomic E-state index is 0.576. The summed E-state index contributed by atoms with van der Waals surface area (Å²) in [5.74, 6) is 0.628. The average molecular weight is 299 g/mol. The monoisotopic (exact) mass is 298 g/mol. The van der Waals surface area contributed by atoms with Crippen LogP contribution in [0.5, 0.6) is 5.88 Å². The zero-order valence-corrected chi connectivity index (χ0v) is 12.4. The molecule has 106 valence electrons. The average Bonchev–Trinajstić information content (AvgIpc) is 2.93. The van der Waals surface area contributed by atoms with Crippen molar-refractivity contribution in [3.8, 4) is 22.7 Å². The second-order valence-electron chi connectivity index (χ2n) is 4.57. The molecule has 0 amide bonds. The molecule has 0 N–H and O–H groups in total. The first-order chi connectivity index (χ1) is 10.3. The van der Waals surface area contributed by atoms with Crippen LogP contribution in [0.3, 0.4) is 0 Å². The quantitative estimate of drug-likeness (QED) is 0.704. The maximum Gasteiger partial charge on any atom is 0.241 e. The van der Waals surface area contributed by atoms with Gasteiger partial charge in [0, 0.05) is 11.2 Å². The van der Waals surface area contributed by atoms with E-state index in [0.29, 0.717) is 17.5 Å². The van der Waals surface area contributed by atoms with Crippen LogP contribution in [0.4, 0.5) is 0 Å². The van der Waals surface area contributed by atoms with Gasteiger partial charge in [-0.2, -0.15) is 0 Å². The number of para-hydroxylation sites is 1. The summed E-state index contributed by atoms with van der Waals surface area (Å²) in [6.45, 7) is 2.53. The predicted molar refractivity (Wildman–Crippen MR) is 85.2 cm³/mol. The summed E-state index contributed by atoms with van der Waals surface area (Å²) in [6, 6.07) is 17.6. The summed E-state index contributed by atoms with van der Waals surface area (Å²) in [5.41, 5.74) is 2.99. The predicted octanol–water partition coefficient (Wildman–Crippen LogP) is 4.59. The number of benzene rings is 2. The number of hydrogen-bond acceptors (Lipinski definition) is 2. The number of halogens is 1. The van der Waals surface area contributed by atoms with Gasteiger partial charge < -0.3 is 4.74 Å². The van der Waals surface area contributed by atoms with Crippen LogP contribution in [-0.2, 0) is 0 Å². The summed E-state index contributed by atoms with van der Waals surface area (Å²) < 4.78 is 7.49. The Labute approximate surface area is 128 Å². The van der Waals surface area contributed by atoms with E-state index in [0.717, 1.165) is 16.8 Å². The van der Waals surface area contributed by atoms with Crippen molar-refractivity contribution in [1.29, 1.82) is 0 Å². The maximum absolute atomic E-state index is 5.95. The molecule has 0 aliphatic rings. The van der Waals surface area contributed by atoms with Gasteiger partial charge in [0.1, 0.15) is 0 Å². The molecule has 0 aliphatic heterocycles. The molecule has 0 saturated carbocycles. The summed E-state index contributed by atoms with van der Waals surface area (Å²) in [5, 5.41) is 5.25. The zero-order valence-electron chi connectivity index (χ0n) is 11.7. The lowest BCUT2D eigenvalue weighted by atomic mass is 10.1. The highest BCUT2D eigenvalue weighted by molar-refractivity contribution is 6.30. The Morgan fingerprint density at radius 2 is 1.76 bits per heavy atom. The fourth-order valence-electron chi connectivity index (χ4n) is 2.14. The first-order valence-electron chi connectivity index (χ1n) is 6.82. The molecule has 0 atom stereocenters. The summed E-state index contributed by atoms with van der Waals surface area (Å²) in [7, 11) is 0. The molecule has 0 unspecified atom stereocenters. The molecule has 3 aromatic rings. The molecule has 2 aromatic carbocycles. The van der Waals surface area contributed by atoms with Crippen LogP contribution in [0.15, 0.2) is 60.8 Å². The number of rotatable bonds is 4. The molecule has 1 aromatic heterocycles. The van der Waals surface area contributed by atoms with Gasteiger partial charge >= 0.3 is 0 Å². The van der Waals surface area contributed by atoms with E-state index in [1.54, 1.807) is 0 Å². The summed E-state index contributed by atoms with van der Waals surface area (Å²) >= 11 is 5.95. The Kier molecular flexibility index (Phi) is 3.93. The molecule has 4 heteroatoms. The molecule has 21 heavy (non-hydrogen) atoms. The van der Waals surface area contributed by atoms with Gasteiger partial charge in [-0.1, -0.05) is 41.9 Å². The molecule has 3 rings (SSSR count). The first-order valence-corrected chi connectivity index (χ1v) is 7.19. The van der Waals surface area contributed by atoms with Gasteiger partial charge in [0.2, 0.25) is 5.88 Å². The molecule has 0 aliphatic carbocycles. The van der Waals surface area contributed by atoms with Crippen molar-refractivity contribution >= 4 is 11.6 Å². The topological polar surface area (TPSA) is 27.1 Å². The van der Waals surface area contributed by atoms with E-state index >= 15 is 0 Å². The smallest absolute Gasteiger partial charge is 0.241 e. The molecule has 0 bridgehead atoms. The Balaban J connectivity index is 2.06. The minimum Gasteiger partial charge on any atom is -0.476 e. The van der Waals surface area contributed by atoms with Crippen molar-refractivity contribution in [2.75, 3.05) is 6.61 Å². The highest BCUT2D eigenvalue weighted by Gasteiger charge is 2.13. The second-order valence-corrected chi connectivity index (χ2v) is 5.00. The highest BCUT2D eigenvalue weighted by atomic mass is 35.5. The van der Waals surface area contributed by atoms with E-state index in [-0.39, 0.29) is 0 Å². The van der Waals surface area contributed by atoms with Crippen LogP contribution < -0.4 is 4.74 Å². The normalized spacial score (nSPS) is 10.6. The van der Waals surface area contributed by atoms with Crippen LogP contribution in [0.25, 0.3) is 16.8 Å². The van der Waals surface area contributed by atoms with E-state index in [1.165, 1.54) is 0 Å². The molecule has 0 fully saturated rings. The summed E-state index contributed by atoms with van der Waals surface area (Å²) in [4.78, 5) is 0. The van der Waals surface area contributed by atoms with Crippen LogP contribution in [0, 0.1) is 0 Å². The van der Waals surface area contributed by atoms with E-state index in [9.17, 15) is 0 Å². The Bertz CT molecular complexity index is 720. The molecule has 0 saturated heterocycles. The zero-order chi connectivity index (χ0) is 14.7. The number of aromatic nitrogens is 2. The van der Waals surface area contributed by atoms with Gasteiger partial charge in [-0.05, 0) is 36.8 Å². The lowest BCUT2D eigenvalue weighted by Gasteiger charge is -2.02. The van der Waals surface area contributed by atoms with Crippen molar-refractivity contribution in [2.45, 2.75) is 6.92 Å². The van der Waals surface area contributed by atoms with Crippen molar-refractivity contribution in [1.82, 2.24) is 9.78 Å². The molecule has 0 spiro atoms. The molecule has 0 radical (unpaired) electrons. The maximum atomic E-state index is 5.95. The summed E-state index contributed by atoms with van der Waals surface area (Å²) in [6.07, 6.45) is 1.98. The van der Waals surface area contributed by atoms with E-state index < -0.39 is 0 Å². The van der Waals surface area contributed by atoms with Crippen molar-refractivity contribution < 1.29 is 4.74 Å². The van der Waals surface area contributed by atoms with Gasteiger partial charge in [-0.15, -0.1) is 5.10 Å². The Hall–Kier alpha value is -2.26. The fourth-order valence-corrected chi connectivity index (χ4v) is 2.27. The van der Waals surface area contributed by atoms with Gasteiger partial charge in [-0.3, -0.25) is 0 Å². The van der Waals surface area contributed by atoms with Gasteiger partial charge in [0.05, 0.1) is 17.9 Å². The standard InChI is InChI=1S/C17H15ClN2O/c1-2-21-17-16(13-8-10-14(18)11-9-13)12-20(19-17)15-6-4-3-5-7-15/h3-12H,2H2,1H3. The molecular formula is C17H15ClN2O. The van der Waals surface area contributed by atoms with Crippen LogP contribution in [0.1, 0.15) is 6.92 Å². The molecule has 3 nitrogen and oxygen atoms in total. The Morgan fingerprint density at radius 3 is 2.43 bits per heavy atom. The third-order valence-corrected chi connectivity index (χ3v) is 3.39. The lowest BCUT2D eigenvalue weighted by molar-refractivity contribution is 0.325. The highest BCUT2D eigenvalue weighted by Crippen LogP contribution is 2.30. The van der Waals surface area contributed by atoms with Gasteiger partial charge in [0.15, 0.2) is 0 Å². The van der Waals surface area contributed by atoms with Crippen LogP contribution in [-0.4, -0.2) is 16.4 Å². The van der Waals surface area contributed by atoms with Gasteiger partial charge in [-0.25, -0.2) is 4.68 Å². The SMILES string of the molecule is CCOc1nn(-c2ccccc2)cc1-c1ccc(Cl)cc1. The molecular weight excluding hydrogens is 284 g/mol. The lowest BCUT2D eigenvalue weighted by Crippen LogP contribution is -1.96. The second kappa shape index (κ2) is 6.02. The van der Waals surface area contributed by atoms with Crippen LogP contribution >= 0.6 is 11.6 Å². The number of hydrogen-bond donors (Lipinski definition) is 0. The van der Waals surface area contributed by atoms with E-state index in [1.807, 2.05) is 72.4 Å². The van der Waals surface area contributed by atoms with Crippen molar-refractivity contribution in [2.24, 2.45) is 0 Å². The van der Waals surface area contributed by atoms with Crippen LogP contribution in [0.2, 0.25) is 5.02 Å².